The normalized spacial score (nSPS) is 10.3. The zero-order chi connectivity index (χ0) is 14.4. The maximum atomic E-state index is 5.95. The average molecular weight is 292 g/mol. The molecule has 1 N–H and O–H groups in total. The highest BCUT2D eigenvalue weighted by molar-refractivity contribution is 6.30. The standard InChI is InChI=1S/C15H18ClN3O/c1-3-7-17-14-11(2)15(19-10-18-14)20-9-12-5-4-6-13(16)8-12/h4-6,8,10H,3,7,9H2,1-2H3,(H,17,18,19). The van der Waals surface area contributed by atoms with Gasteiger partial charge in [-0.2, -0.15) is 0 Å². The molecule has 5 heteroatoms. The minimum absolute atomic E-state index is 0.436. The number of nitrogens with zero attached hydrogens (tertiary/aromatic N) is 2. The van der Waals surface area contributed by atoms with E-state index in [4.69, 9.17) is 16.3 Å². The zero-order valence-electron chi connectivity index (χ0n) is 11.7. The Labute approximate surface area is 124 Å². The number of hydrogen-bond acceptors (Lipinski definition) is 4. The van der Waals surface area contributed by atoms with Gasteiger partial charge < -0.3 is 10.1 Å². The molecular weight excluding hydrogens is 274 g/mol. The van der Waals surface area contributed by atoms with E-state index in [-0.39, 0.29) is 0 Å². The molecule has 1 aromatic heterocycles. The van der Waals surface area contributed by atoms with Crippen molar-refractivity contribution in [3.8, 4) is 5.88 Å². The minimum Gasteiger partial charge on any atom is -0.472 e. The predicted octanol–water partition coefficient (Wildman–Crippen LogP) is 3.84. The van der Waals surface area contributed by atoms with Gasteiger partial charge in [0.15, 0.2) is 0 Å². The smallest absolute Gasteiger partial charge is 0.221 e. The molecule has 106 valence electrons. The van der Waals surface area contributed by atoms with Crippen LogP contribution in [0.1, 0.15) is 24.5 Å². The molecule has 4 nitrogen and oxygen atoms in total. The van der Waals surface area contributed by atoms with Crippen LogP contribution in [0.4, 0.5) is 5.82 Å². The molecule has 0 saturated carbocycles. The number of hydrogen-bond donors (Lipinski definition) is 1. The van der Waals surface area contributed by atoms with E-state index in [2.05, 4.69) is 22.2 Å². The van der Waals surface area contributed by atoms with E-state index >= 15 is 0 Å². The Kier molecular flexibility index (Phi) is 5.18. The highest BCUT2D eigenvalue weighted by Gasteiger charge is 2.08. The molecule has 2 aromatic rings. The molecule has 0 saturated heterocycles. The number of ether oxygens (including phenoxy) is 1. The molecule has 0 aliphatic carbocycles. The summed E-state index contributed by atoms with van der Waals surface area (Å²) in [4.78, 5) is 8.40. The van der Waals surface area contributed by atoms with E-state index in [1.807, 2.05) is 31.2 Å². The minimum atomic E-state index is 0.436. The monoisotopic (exact) mass is 291 g/mol. The van der Waals surface area contributed by atoms with Crippen LogP contribution >= 0.6 is 11.6 Å². The van der Waals surface area contributed by atoms with Gasteiger partial charge in [0.2, 0.25) is 5.88 Å². The van der Waals surface area contributed by atoms with Gasteiger partial charge in [0, 0.05) is 11.6 Å². The Balaban J connectivity index is 2.06. The molecule has 20 heavy (non-hydrogen) atoms. The first-order valence-corrected chi connectivity index (χ1v) is 7.01. The summed E-state index contributed by atoms with van der Waals surface area (Å²) in [6.07, 6.45) is 2.56. The van der Waals surface area contributed by atoms with Crippen molar-refractivity contribution in [3.05, 3.63) is 46.7 Å². The van der Waals surface area contributed by atoms with Crippen molar-refractivity contribution in [2.24, 2.45) is 0 Å². The zero-order valence-corrected chi connectivity index (χ0v) is 12.4. The first-order valence-electron chi connectivity index (χ1n) is 6.63. The van der Waals surface area contributed by atoms with Crippen molar-refractivity contribution in [1.82, 2.24) is 9.97 Å². The van der Waals surface area contributed by atoms with Crippen molar-refractivity contribution in [2.75, 3.05) is 11.9 Å². The second-order valence-electron chi connectivity index (χ2n) is 4.50. The topological polar surface area (TPSA) is 47.0 Å². The van der Waals surface area contributed by atoms with Crippen LogP contribution in [-0.4, -0.2) is 16.5 Å². The van der Waals surface area contributed by atoms with Gasteiger partial charge in [0.05, 0.1) is 5.56 Å². The summed E-state index contributed by atoms with van der Waals surface area (Å²) in [6, 6.07) is 7.60. The molecule has 0 amide bonds. The molecule has 0 radical (unpaired) electrons. The SMILES string of the molecule is CCCNc1ncnc(OCc2cccc(Cl)c2)c1C. The van der Waals surface area contributed by atoms with Gasteiger partial charge in [-0.15, -0.1) is 0 Å². The molecule has 0 aliphatic rings. The van der Waals surface area contributed by atoms with Gasteiger partial charge in [-0.1, -0.05) is 30.7 Å². The average Bonchev–Trinajstić information content (AvgIpc) is 2.45. The first kappa shape index (κ1) is 14.6. The molecule has 0 atom stereocenters. The van der Waals surface area contributed by atoms with Crippen molar-refractivity contribution in [1.29, 1.82) is 0 Å². The fraction of sp³-hybridized carbons (Fsp3) is 0.333. The summed E-state index contributed by atoms with van der Waals surface area (Å²) in [5.74, 6) is 1.42. The summed E-state index contributed by atoms with van der Waals surface area (Å²) in [6.45, 7) is 5.38. The van der Waals surface area contributed by atoms with Crippen LogP contribution in [0, 0.1) is 6.92 Å². The lowest BCUT2D eigenvalue weighted by Gasteiger charge is -2.11. The second kappa shape index (κ2) is 7.10. The third-order valence-electron chi connectivity index (χ3n) is 2.84. The largest absolute Gasteiger partial charge is 0.472 e. The summed E-state index contributed by atoms with van der Waals surface area (Å²) in [5, 5.41) is 3.96. The van der Waals surface area contributed by atoms with Crippen LogP contribution in [0.3, 0.4) is 0 Å². The Morgan fingerprint density at radius 3 is 2.90 bits per heavy atom. The predicted molar refractivity (Wildman–Crippen MR) is 81.3 cm³/mol. The van der Waals surface area contributed by atoms with Crippen molar-refractivity contribution >= 4 is 17.4 Å². The number of benzene rings is 1. The Hall–Kier alpha value is -1.81. The molecule has 2 rings (SSSR count). The van der Waals surface area contributed by atoms with Crippen LogP contribution < -0.4 is 10.1 Å². The van der Waals surface area contributed by atoms with Crippen LogP contribution in [-0.2, 0) is 6.61 Å². The van der Waals surface area contributed by atoms with E-state index in [1.165, 1.54) is 6.33 Å². The number of nitrogens with one attached hydrogen (secondary N) is 1. The van der Waals surface area contributed by atoms with Gasteiger partial charge in [0.1, 0.15) is 18.8 Å². The quantitative estimate of drug-likeness (QED) is 0.878. The van der Waals surface area contributed by atoms with Gasteiger partial charge in [0.25, 0.3) is 0 Å². The van der Waals surface area contributed by atoms with Crippen molar-refractivity contribution in [3.63, 3.8) is 0 Å². The molecule has 1 aromatic carbocycles. The molecule has 0 fully saturated rings. The van der Waals surface area contributed by atoms with Crippen LogP contribution in [0.2, 0.25) is 5.02 Å². The molecule has 0 aliphatic heterocycles. The maximum absolute atomic E-state index is 5.95. The van der Waals surface area contributed by atoms with E-state index in [0.29, 0.717) is 17.5 Å². The third kappa shape index (κ3) is 3.84. The van der Waals surface area contributed by atoms with Gasteiger partial charge in [-0.05, 0) is 31.0 Å². The van der Waals surface area contributed by atoms with E-state index in [9.17, 15) is 0 Å². The first-order chi connectivity index (χ1) is 9.70. The summed E-state index contributed by atoms with van der Waals surface area (Å²) in [5.41, 5.74) is 1.93. The number of aromatic nitrogens is 2. The van der Waals surface area contributed by atoms with Crippen molar-refractivity contribution < 1.29 is 4.74 Å². The molecular formula is C15H18ClN3O. The highest BCUT2D eigenvalue weighted by Crippen LogP contribution is 2.21. The number of rotatable bonds is 6. The number of anilines is 1. The molecule has 0 bridgehead atoms. The van der Waals surface area contributed by atoms with Crippen LogP contribution in [0.25, 0.3) is 0 Å². The van der Waals surface area contributed by atoms with Gasteiger partial charge >= 0.3 is 0 Å². The Bertz CT molecular complexity index is 575. The fourth-order valence-electron chi connectivity index (χ4n) is 1.78. The fourth-order valence-corrected chi connectivity index (χ4v) is 1.99. The lowest BCUT2D eigenvalue weighted by molar-refractivity contribution is 0.291. The Morgan fingerprint density at radius 1 is 1.30 bits per heavy atom. The summed E-state index contributed by atoms with van der Waals surface area (Å²) < 4.78 is 5.75. The molecule has 1 heterocycles. The van der Waals surface area contributed by atoms with Crippen LogP contribution in [0.15, 0.2) is 30.6 Å². The summed E-state index contributed by atoms with van der Waals surface area (Å²) in [7, 11) is 0. The van der Waals surface area contributed by atoms with Crippen LogP contribution in [0.5, 0.6) is 5.88 Å². The molecule has 0 unspecified atom stereocenters. The third-order valence-corrected chi connectivity index (χ3v) is 3.08. The van der Waals surface area contributed by atoms with E-state index < -0.39 is 0 Å². The highest BCUT2D eigenvalue weighted by atomic mass is 35.5. The van der Waals surface area contributed by atoms with Crippen molar-refractivity contribution in [2.45, 2.75) is 26.9 Å². The van der Waals surface area contributed by atoms with E-state index in [1.54, 1.807) is 0 Å². The summed E-state index contributed by atoms with van der Waals surface area (Å²) >= 11 is 5.95. The van der Waals surface area contributed by atoms with E-state index in [0.717, 1.165) is 29.9 Å². The number of halogens is 1. The second-order valence-corrected chi connectivity index (χ2v) is 4.93. The lowest BCUT2D eigenvalue weighted by Crippen LogP contribution is -2.07. The van der Waals surface area contributed by atoms with Gasteiger partial charge in [-0.25, -0.2) is 9.97 Å². The van der Waals surface area contributed by atoms with Gasteiger partial charge in [-0.3, -0.25) is 0 Å². The maximum Gasteiger partial charge on any atom is 0.221 e. The Morgan fingerprint density at radius 2 is 2.15 bits per heavy atom. The molecule has 0 spiro atoms. The lowest BCUT2D eigenvalue weighted by atomic mass is 10.2.